The summed E-state index contributed by atoms with van der Waals surface area (Å²) in [4.78, 5) is 2.18. The van der Waals surface area contributed by atoms with Gasteiger partial charge in [0.25, 0.3) is 0 Å². The third-order valence-corrected chi connectivity index (χ3v) is 2.40. The lowest BCUT2D eigenvalue weighted by atomic mass is 10.2. The quantitative estimate of drug-likeness (QED) is 0.682. The summed E-state index contributed by atoms with van der Waals surface area (Å²) < 4.78 is 12.7. The van der Waals surface area contributed by atoms with Crippen molar-refractivity contribution in [2.75, 3.05) is 23.9 Å². The zero-order valence-electron chi connectivity index (χ0n) is 8.34. The summed E-state index contributed by atoms with van der Waals surface area (Å²) in [6, 6.07) is 6.57. The van der Waals surface area contributed by atoms with Gasteiger partial charge in [-0.3, -0.25) is 0 Å². The van der Waals surface area contributed by atoms with Crippen molar-refractivity contribution in [2.45, 2.75) is 13.3 Å². The van der Waals surface area contributed by atoms with Crippen molar-refractivity contribution in [3.63, 3.8) is 0 Å². The molecule has 0 saturated carbocycles. The first-order valence-electron chi connectivity index (χ1n) is 4.84. The molecule has 0 radical (unpaired) electrons. The minimum Gasteiger partial charge on any atom is -0.372 e. The number of anilines is 1. The van der Waals surface area contributed by atoms with Crippen LogP contribution < -0.4 is 4.90 Å². The van der Waals surface area contributed by atoms with Crippen molar-refractivity contribution >= 4 is 17.3 Å². The Morgan fingerprint density at radius 2 is 1.93 bits per heavy atom. The van der Waals surface area contributed by atoms with Crippen LogP contribution in [0.5, 0.6) is 0 Å². The highest BCUT2D eigenvalue weighted by Crippen LogP contribution is 2.14. The molecule has 1 aromatic carbocycles. The van der Waals surface area contributed by atoms with E-state index >= 15 is 0 Å². The summed E-state index contributed by atoms with van der Waals surface area (Å²) >= 11 is 5.63. The van der Waals surface area contributed by atoms with Gasteiger partial charge in [-0.15, -0.1) is 11.6 Å². The first-order valence-corrected chi connectivity index (χ1v) is 5.38. The summed E-state index contributed by atoms with van der Waals surface area (Å²) in [6.45, 7) is 3.92. The second-order valence-corrected chi connectivity index (χ2v) is 3.48. The number of nitrogens with zero attached hydrogens (tertiary/aromatic N) is 1. The Hall–Kier alpha value is -0.760. The van der Waals surface area contributed by atoms with Crippen LogP contribution in [0.15, 0.2) is 24.3 Å². The minimum atomic E-state index is -0.192. The summed E-state index contributed by atoms with van der Waals surface area (Å²) in [7, 11) is 0. The Morgan fingerprint density at radius 1 is 1.29 bits per heavy atom. The maximum Gasteiger partial charge on any atom is 0.123 e. The van der Waals surface area contributed by atoms with E-state index in [1.807, 2.05) is 0 Å². The monoisotopic (exact) mass is 215 g/mol. The van der Waals surface area contributed by atoms with Gasteiger partial charge in [-0.2, -0.15) is 0 Å². The third-order valence-electron chi connectivity index (χ3n) is 2.14. The van der Waals surface area contributed by atoms with Gasteiger partial charge in [0.05, 0.1) is 0 Å². The zero-order chi connectivity index (χ0) is 10.4. The van der Waals surface area contributed by atoms with E-state index in [0.29, 0.717) is 5.88 Å². The molecule has 0 atom stereocenters. The Bertz CT molecular complexity index is 260. The van der Waals surface area contributed by atoms with Crippen LogP contribution >= 0.6 is 11.6 Å². The van der Waals surface area contributed by atoms with Gasteiger partial charge in [-0.25, -0.2) is 4.39 Å². The van der Waals surface area contributed by atoms with E-state index in [1.54, 1.807) is 12.1 Å². The molecule has 0 N–H and O–H groups in total. The van der Waals surface area contributed by atoms with Crippen LogP contribution in [0.4, 0.5) is 10.1 Å². The van der Waals surface area contributed by atoms with Gasteiger partial charge in [-0.05, 0) is 37.6 Å². The van der Waals surface area contributed by atoms with Gasteiger partial charge in [-0.1, -0.05) is 0 Å². The van der Waals surface area contributed by atoms with Gasteiger partial charge in [0, 0.05) is 24.7 Å². The average molecular weight is 216 g/mol. The van der Waals surface area contributed by atoms with Gasteiger partial charge in [0.1, 0.15) is 5.82 Å². The fraction of sp³-hybridized carbons (Fsp3) is 0.455. The third kappa shape index (κ3) is 3.18. The molecule has 0 aromatic heterocycles. The molecule has 0 aliphatic rings. The molecule has 78 valence electrons. The molecular weight excluding hydrogens is 201 g/mol. The second-order valence-electron chi connectivity index (χ2n) is 3.10. The molecular formula is C11H15ClFN. The van der Waals surface area contributed by atoms with Crippen LogP contribution in [-0.2, 0) is 0 Å². The largest absolute Gasteiger partial charge is 0.372 e. The van der Waals surface area contributed by atoms with Crippen LogP contribution in [0, 0.1) is 5.82 Å². The fourth-order valence-electron chi connectivity index (χ4n) is 1.37. The molecule has 0 aliphatic carbocycles. The van der Waals surface area contributed by atoms with Crippen molar-refractivity contribution in [3.05, 3.63) is 30.1 Å². The lowest BCUT2D eigenvalue weighted by Gasteiger charge is -2.22. The zero-order valence-corrected chi connectivity index (χ0v) is 9.10. The van der Waals surface area contributed by atoms with Crippen LogP contribution in [0.3, 0.4) is 0 Å². The molecule has 3 heteroatoms. The van der Waals surface area contributed by atoms with E-state index in [2.05, 4.69) is 11.8 Å². The van der Waals surface area contributed by atoms with Crippen LogP contribution in [0.1, 0.15) is 13.3 Å². The lowest BCUT2D eigenvalue weighted by molar-refractivity contribution is 0.627. The normalized spacial score (nSPS) is 10.2. The van der Waals surface area contributed by atoms with E-state index < -0.39 is 0 Å². The van der Waals surface area contributed by atoms with Gasteiger partial charge < -0.3 is 4.90 Å². The maximum absolute atomic E-state index is 12.7. The number of benzene rings is 1. The van der Waals surface area contributed by atoms with Gasteiger partial charge >= 0.3 is 0 Å². The van der Waals surface area contributed by atoms with E-state index in [1.165, 1.54) is 12.1 Å². The molecule has 0 aliphatic heterocycles. The number of rotatable bonds is 5. The molecule has 0 fully saturated rings. The highest BCUT2D eigenvalue weighted by Gasteiger charge is 2.02. The summed E-state index contributed by atoms with van der Waals surface area (Å²) in [5.41, 5.74) is 1.05. The van der Waals surface area contributed by atoms with E-state index in [0.717, 1.165) is 25.2 Å². The second kappa shape index (κ2) is 5.86. The highest BCUT2D eigenvalue weighted by atomic mass is 35.5. The molecule has 0 unspecified atom stereocenters. The Balaban J connectivity index is 2.64. The molecule has 0 saturated heterocycles. The summed E-state index contributed by atoms with van der Waals surface area (Å²) in [5.74, 6) is 0.472. The van der Waals surface area contributed by atoms with Gasteiger partial charge in [0.15, 0.2) is 0 Å². The van der Waals surface area contributed by atoms with Crippen LogP contribution in [-0.4, -0.2) is 19.0 Å². The maximum atomic E-state index is 12.7. The highest BCUT2D eigenvalue weighted by molar-refractivity contribution is 6.17. The standard InChI is InChI=1S/C11H15ClFN/c1-2-14(9-3-8-12)11-6-4-10(13)5-7-11/h4-7H,2-3,8-9H2,1H3. The average Bonchev–Trinajstić information content (AvgIpc) is 2.21. The number of halogens is 2. The van der Waals surface area contributed by atoms with E-state index in [9.17, 15) is 4.39 Å². The molecule has 1 aromatic rings. The Labute approximate surface area is 89.5 Å². The van der Waals surface area contributed by atoms with Crippen molar-refractivity contribution in [2.24, 2.45) is 0 Å². The fourth-order valence-corrected chi connectivity index (χ4v) is 1.49. The topological polar surface area (TPSA) is 3.24 Å². The molecule has 0 spiro atoms. The van der Waals surface area contributed by atoms with E-state index in [-0.39, 0.29) is 5.82 Å². The molecule has 0 heterocycles. The molecule has 1 nitrogen and oxygen atoms in total. The Morgan fingerprint density at radius 3 is 2.43 bits per heavy atom. The number of hydrogen-bond acceptors (Lipinski definition) is 1. The molecule has 1 rings (SSSR count). The smallest absolute Gasteiger partial charge is 0.123 e. The number of alkyl halides is 1. The Kier molecular flexibility index (Phi) is 4.74. The van der Waals surface area contributed by atoms with Crippen LogP contribution in [0.2, 0.25) is 0 Å². The SMILES string of the molecule is CCN(CCCCl)c1ccc(F)cc1. The van der Waals surface area contributed by atoms with Crippen molar-refractivity contribution in [1.29, 1.82) is 0 Å². The van der Waals surface area contributed by atoms with Crippen LogP contribution in [0.25, 0.3) is 0 Å². The predicted octanol–water partition coefficient (Wildman–Crippen LogP) is 3.28. The minimum absolute atomic E-state index is 0.192. The first-order chi connectivity index (χ1) is 6.77. The predicted molar refractivity (Wildman–Crippen MR) is 59.6 cm³/mol. The summed E-state index contributed by atoms with van der Waals surface area (Å²) in [5, 5.41) is 0. The molecule has 0 bridgehead atoms. The van der Waals surface area contributed by atoms with Crippen molar-refractivity contribution < 1.29 is 4.39 Å². The molecule has 0 amide bonds. The van der Waals surface area contributed by atoms with Gasteiger partial charge in [0.2, 0.25) is 0 Å². The summed E-state index contributed by atoms with van der Waals surface area (Å²) in [6.07, 6.45) is 0.951. The number of hydrogen-bond donors (Lipinski definition) is 0. The van der Waals surface area contributed by atoms with Crippen molar-refractivity contribution in [1.82, 2.24) is 0 Å². The first kappa shape index (κ1) is 11.3. The lowest BCUT2D eigenvalue weighted by Crippen LogP contribution is -2.24. The molecule has 14 heavy (non-hydrogen) atoms. The van der Waals surface area contributed by atoms with Crippen molar-refractivity contribution in [3.8, 4) is 0 Å². The van der Waals surface area contributed by atoms with E-state index in [4.69, 9.17) is 11.6 Å².